The molecule has 0 amide bonds. The maximum Gasteiger partial charge on any atom is 0.193 e. The lowest BCUT2D eigenvalue weighted by molar-refractivity contribution is 0.474. The zero-order chi connectivity index (χ0) is 13.0. The van der Waals surface area contributed by atoms with Crippen LogP contribution in [0.5, 0.6) is 0 Å². The molecule has 0 bridgehead atoms. The van der Waals surface area contributed by atoms with E-state index in [0.29, 0.717) is 0 Å². The number of hydrogen-bond acceptors (Lipinski definition) is 1. The van der Waals surface area contributed by atoms with E-state index in [1.807, 2.05) is 31.3 Å². The second-order valence-corrected chi connectivity index (χ2v) is 5.29. The summed E-state index contributed by atoms with van der Waals surface area (Å²) in [5, 5.41) is 4.19. The van der Waals surface area contributed by atoms with Gasteiger partial charge in [0.2, 0.25) is 0 Å². The van der Waals surface area contributed by atoms with E-state index >= 15 is 0 Å². The summed E-state index contributed by atoms with van der Waals surface area (Å²) in [5.41, 5.74) is 1.23. The molecule has 1 aliphatic carbocycles. The summed E-state index contributed by atoms with van der Waals surface area (Å²) in [6.07, 6.45) is 2.70. The van der Waals surface area contributed by atoms with Crippen LogP contribution in [0.1, 0.15) is 18.4 Å². The third-order valence-electron chi connectivity index (χ3n) is 3.15. The number of nitrogens with zero attached hydrogens (tertiary/aromatic N) is 2. The Labute approximate surface area is 137 Å². The fourth-order valence-corrected chi connectivity index (χ4v) is 2.01. The van der Waals surface area contributed by atoms with Crippen LogP contribution in [-0.4, -0.2) is 31.5 Å². The summed E-state index contributed by atoms with van der Waals surface area (Å²) in [4.78, 5) is 6.44. The Kier molecular flexibility index (Phi) is 6.93. The van der Waals surface area contributed by atoms with Crippen LogP contribution in [0.25, 0.3) is 0 Å². The Hall–Kier alpha value is -0.490. The molecule has 0 atom stereocenters. The van der Waals surface area contributed by atoms with E-state index in [0.717, 1.165) is 30.0 Å². The van der Waals surface area contributed by atoms with Gasteiger partial charge in [-0.25, -0.2) is 0 Å². The fourth-order valence-electron chi connectivity index (χ4n) is 1.88. The average Bonchev–Trinajstić information content (AvgIpc) is 3.17. The number of guanidine groups is 1. The Morgan fingerprint density at radius 1 is 1.37 bits per heavy atom. The van der Waals surface area contributed by atoms with Gasteiger partial charge in [0, 0.05) is 32.2 Å². The van der Waals surface area contributed by atoms with Gasteiger partial charge in [-0.1, -0.05) is 23.7 Å². The monoisotopic (exact) mass is 393 g/mol. The standard InChI is InChI=1S/C14H20ClN3.HI/c1-16-14(17-9-11-3-4-11)18(2)10-12-5-7-13(15)8-6-12;/h5-8,11H,3-4,9-10H2,1-2H3,(H,16,17);1H. The smallest absolute Gasteiger partial charge is 0.193 e. The summed E-state index contributed by atoms with van der Waals surface area (Å²) < 4.78 is 0. The quantitative estimate of drug-likeness (QED) is 0.482. The number of hydrogen-bond donors (Lipinski definition) is 1. The van der Waals surface area contributed by atoms with E-state index < -0.39 is 0 Å². The first kappa shape index (κ1) is 16.6. The van der Waals surface area contributed by atoms with Crippen molar-refractivity contribution in [3.63, 3.8) is 0 Å². The predicted molar refractivity (Wildman–Crippen MR) is 92.4 cm³/mol. The van der Waals surface area contributed by atoms with Crippen molar-refractivity contribution in [1.29, 1.82) is 0 Å². The van der Waals surface area contributed by atoms with E-state index in [1.54, 1.807) is 0 Å². The molecule has 106 valence electrons. The van der Waals surface area contributed by atoms with E-state index in [1.165, 1.54) is 18.4 Å². The average molecular weight is 394 g/mol. The Bertz CT molecular complexity index is 415. The lowest BCUT2D eigenvalue weighted by Gasteiger charge is -2.22. The van der Waals surface area contributed by atoms with E-state index in [9.17, 15) is 0 Å². The largest absolute Gasteiger partial charge is 0.356 e. The molecule has 1 aliphatic rings. The molecule has 5 heteroatoms. The highest BCUT2D eigenvalue weighted by atomic mass is 127. The summed E-state index contributed by atoms with van der Waals surface area (Å²) >= 11 is 5.88. The van der Waals surface area contributed by atoms with Crippen LogP contribution < -0.4 is 5.32 Å². The minimum absolute atomic E-state index is 0. The molecule has 1 N–H and O–H groups in total. The van der Waals surface area contributed by atoms with Crippen molar-refractivity contribution < 1.29 is 0 Å². The minimum atomic E-state index is 0. The summed E-state index contributed by atoms with van der Waals surface area (Å²) in [6, 6.07) is 7.94. The molecule has 0 saturated heterocycles. The van der Waals surface area contributed by atoms with Crippen molar-refractivity contribution in [2.75, 3.05) is 20.6 Å². The van der Waals surface area contributed by atoms with E-state index in [2.05, 4.69) is 22.3 Å². The highest BCUT2D eigenvalue weighted by Gasteiger charge is 2.21. The second kappa shape index (κ2) is 7.94. The normalized spacial score (nSPS) is 14.8. The van der Waals surface area contributed by atoms with Crippen LogP contribution in [0.2, 0.25) is 5.02 Å². The van der Waals surface area contributed by atoms with Crippen molar-refractivity contribution in [3.8, 4) is 0 Å². The Morgan fingerprint density at radius 3 is 2.53 bits per heavy atom. The van der Waals surface area contributed by atoms with Gasteiger partial charge >= 0.3 is 0 Å². The zero-order valence-corrected chi connectivity index (χ0v) is 14.5. The van der Waals surface area contributed by atoms with Gasteiger partial charge in [-0.15, -0.1) is 24.0 Å². The maximum absolute atomic E-state index is 5.88. The molecule has 0 radical (unpaired) electrons. The lowest BCUT2D eigenvalue weighted by atomic mass is 10.2. The SMILES string of the molecule is CN=C(NCC1CC1)N(C)Cc1ccc(Cl)cc1.I. The first-order valence-corrected chi connectivity index (χ1v) is 6.73. The molecule has 3 nitrogen and oxygen atoms in total. The molecular formula is C14H21ClIN3. The number of benzene rings is 1. The molecule has 0 spiro atoms. The number of nitrogens with one attached hydrogen (secondary N) is 1. The van der Waals surface area contributed by atoms with Crippen LogP contribution in [-0.2, 0) is 6.54 Å². The lowest BCUT2D eigenvalue weighted by Crippen LogP contribution is -2.39. The van der Waals surface area contributed by atoms with Crippen molar-refractivity contribution in [2.45, 2.75) is 19.4 Å². The van der Waals surface area contributed by atoms with Gasteiger partial charge in [0.25, 0.3) is 0 Å². The Balaban J connectivity index is 0.00000180. The van der Waals surface area contributed by atoms with Gasteiger partial charge < -0.3 is 10.2 Å². The minimum Gasteiger partial charge on any atom is -0.356 e. The van der Waals surface area contributed by atoms with Crippen LogP contribution in [0.4, 0.5) is 0 Å². The number of halogens is 2. The third-order valence-corrected chi connectivity index (χ3v) is 3.40. The third kappa shape index (κ3) is 5.57. The van der Waals surface area contributed by atoms with Gasteiger partial charge in [0.1, 0.15) is 0 Å². The van der Waals surface area contributed by atoms with Crippen LogP contribution in [0.15, 0.2) is 29.3 Å². The van der Waals surface area contributed by atoms with E-state index in [4.69, 9.17) is 11.6 Å². The van der Waals surface area contributed by atoms with Gasteiger partial charge in [0.05, 0.1) is 0 Å². The molecule has 19 heavy (non-hydrogen) atoms. The molecule has 1 aromatic carbocycles. The highest BCUT2D eigenvalue weighted by molar-refractivity contribution is 14.0. The summed E-state index contributed by atoms with van der Waals surface area (Å²) in [5.74, 6) is 1.81. The topological polar surface area (TPSA) is 27.6 Å². The highest BCUT2D eigenvalue weighted by Crippen LogP contribution is 2.27. The second-order valence-electron chi connectivity index (χ2n) is 4.85. The summed E-state index contributed by atoms with van der Waals surface area (Å²) in [6.45, 7) is 1.87. The van der Waals surface area contributed by atoms with Crippen molar-refractivity contribution in [1.82, 2.24) is 10.2 Å². The number of rotatable bonds is 4. The van der Waals surface area contributed by atoms with Crippen molar-refractivity contribution in [2.24, 2.45) is 10.9 Å². The molecule has 0 aliphatic heterocycles. The zero-order valence-electron chi connectivity index (χ0n) is 11.4. The molecule has 1 saturated carbocycles. The molecule has 0 heterocycles. The van der Waals surface area contributed by atoms with Crippen LogP contribution >= 0.6 is 35.6 Å². The summed E-state index contributed by atoms with van der Waals surface area (Å²) in [7, 11) is 3.88. The first-order valence-electron chi connectivity index (χ1n) is 6.35. The molecule has 1 aromatic rings. The maximum atomic E-state index is 5.88. The molecule has 0 aromatic heterocycles. The van der Waals surface area contributed by atoms with E-state index in [-0.39, 0.29) is 24.0 Å². The number of aliphatic imine (C=N–C) groups is 1. The van der Waals surface area contributed by atoms with Gasteiger partial charge in [-0.2, -0.15) is 0 Å². The van der Waals surface area contributed by atoms with Gasteiger partial charge in [-0.3, -0.25) is 4.99 Å². The van der Waals surface area contributed by atoms with Crippen molar-refractivity contribution >= 4 is 41.5 Å². The fraction of sp³-hybridized carbons (Fsp3) is 0.500. The molecule has 1 fully saturated rings. The van der Waals surface area contributed by atoms with Crippen LogP contribution in [0.3, 0.4) is 0 Å². The predicted octanol–water partition coefficient (Wildman–Crippen LogP) is 3.38. The van der Waals surface area contributed by atoms with Gasteiger partial charge in [0.15, 0.2) is 5.96 Å². The molecule has 2 rings (SSSR count). The Morgan fingerprint density at radius 2 is 2.00 bits per heavy atom. The molecule has 0 unspecified atom stereocenters. The first-order chi connectivity index (χ1) is 8.69. The van der Waals surface area contributed by atoms with Gasteiger partial charge in [-0.05, 0) is 36.5 Å². The van der Waals surface area contributed by atoms with Crippen LogP contribution in [0, 0.1) is 5.92 Å². The van der Waals surface area contributed by atoms with Crippen molar-refractivity contribution in [3.05, 3.63) is 34.9 Å². The molecular weight excluding hydrogens is 373 g/mol.